The Balaban J connectivity index is 2.00. The number of hydrogen-bond donors (Lipinski definition) is 2. The maximum atomic E-state index is 12.2. The van der Waals surface area contributed by atoms with Crippen LogP contribution in [0, 0.1) is 0 Å². The third-order valence-electron chi connectivity index (χ3n) is 2.80. The molecule has 0 bridgehead atoms. The first-order valence-electron chi connectivity index (χ1n) is 6.60. The molecule has 118 valence electrons. The van der Waals surface area contributed by atoms with E-state index in [4.69, 9.17) is 5.11 Å². The highest BCUT2D eigenvalue weighted by Crippen LogP contribution is 2.26. The van der Waals surface area contributed by atoms with E-state index in [1.165, 1.54) is 22.2 Å². The molecule has 2 aromatic heterocycles. The number of rotatable bonds is 5. The number of carboxylic acid groups (broad SMARTS) is 1. The molecule has 22 heavy (non-hydrogen) atoms. The average molecular weight is 323 g/mol. The molecule has 1 amide bonds. The topological polar surface area (TPSA) is 110 Å². The van der Waals surface area contributed by atoms with Crippen molar-refractivity contribution < 1.29 is 14.7 Å². The summed E-state index contributed by atoms with van der Waals surface area (Å²) >= 11 is 1.29. The Morgan fingerprint density at radius 3 is 2.77 bits per heavy atom. The SMILES string of the molecule is CC(C)(C)c1ncsc1C(=O)NCc1cn(CC(=O)O)nn1. The van der Waals surface area contributed by atoms with Crippen LogP contribution in [0.5, 0.6) is 0 Å². The first-order valence-corrected chi connectivity index (χ1v) is 7.48. The Bertz CT molecular complexity index is 686. The fourth-order valence-electron chi connectivity index (χ4n) is 1.83. The molecule has 0 saturated heterocycles. The normalized spacial score (nSPS) is 11.4. The van der Waals surface area contributed by atoms with E-state index in [2.05, 4.69) is 20.6 Å². The molecule has 2 rings (SSSR count). The van der Waals surface area contributed by atoms with Crippen molar-refractivity contribution in [3.63, 3.8) is 0 Å². The van der Waals surface area contributed by atoms with Crippen LogP contribution in [0.2, 0.25) is 0 Å². The summed E-state index contributed by atoms with van der Waals surface area (Å²) in [5, 5.41) is 18.9. The minimum Gasteiger partial charge on any atom is -0.480 e. The average Bonchev–Trinajstić information content (AvgIpc) is 3.02. The van der Waals surface area contributed by atoms with Gasteiger partial charge in [0.05, 0.1) is 23.9 Å². The molecule has 2 aromatic rings. The van der Waals surface area contributed by atoms with Gasteiger partial charge in [0.25, 0.3) is 5.91 Å². The summed E-state index contributed by atoms with van der Waals surface area (Å²) in [6, 6.07) is 0. The molecule has 0 atom stereocenters. The highest BCUT2D eigenvalue weighted by Gasteiger charge is 2.24. The van der Waals surface area contributed by atoms with Crippen molar-refractivity contribution in [1.29, 1.82) is 0 Å². The number of carbonyl (C=O) groups is 2. The largest absolute Gasteiger partial charge is 0.480 e. The van der Waals surface area contributed by atoms with Crippen molar-refractivity contribution in [1.82, 2.24) is 25.3 Å². The molecule has 0 radical (unpaired) electrons. The summed E-state index contributed by atoms with van der Waals surface area (Å²) in [5.41, 5.74) is 2.69. The number of amides is 1. The highest BCUT2D eigenvalue weighted by molar-refractivity contribution is 7.11. The number of carbonyl (C=O) groups excluding carboxylic acids is 1. The molecule has 0 aliphatic rings. The number of carboxylic acids is 1. The van der Waals surface area contributed by atoms with Crippen LogP contribution in [-0.2, 0) is 23.3 Å². The third-order valence-corrected chi connectivity index (χ3v) is 3.62. The molecular weight excluding hydrogens is 306 g/mol. The Labute approximate surface area is 131 Å². The highest BCUT2D eigenvalue weighted by atomic mass is 32.1. The predicted molar refractivity (Wildman–Crippen MR) is 79.6 cm³/mol. The summed E-state index contributed by atoms with van der Waals surface area (Å²) in [7, 11) is 0. The molecule has 0 fully saturated rings. The van der Waals surface area contributed by atoms with E-state index < -0.39 is 5.97 Å². The Morgan fingerprint density at radius 1 is 1.41 bits per heavy atom. The second-order valence-electron chi connectivity index (χ2n) is 5.76. The zero-order valence-electron chi connectivity index (χ0n) is 12.5. The van der Waals surface area contributed by atoms with Crippen molar-refractivity contribution in [3.8, 4) is 0 Å². The van der Waals surface area contributed by atoms with Gasteiger partial charge in [-0.2, -0.15) is 0 Å². The number of nitrogens with zero attached hydrogens (tertiary/aromatic N) is 4. The summed E-state index contributed by atoms with van der Waals surface area (Å²) in [6.45, 7) is 5.91. The van der Waals surface area contributed by atoms with Crippen LogP contribution in [0.3, 0.4) is 0 Å². The molecule has 2 N–H and O–H groups in total. The minimum atomic E-state index is -1.00. The van der Waals surface area contributed by atoms with Crippen LogP contribution in [0.4, 0.5) is 0 Å². The molecule has 0 aliphatic carbocycles. The molecule has 0 aliphatic heterocycles. The summed E-state index contributed by atoms with van der Waals surface area (Å²) < 4.78 is 1.21. The monoisotopic (exact) mass is 323 g/mol. The van der Waals surface area contributed by atoms with Gasteiger partial charge in [-0.25, -0.2) is 9.67 Å². The molecule has 0 saturated carbocycles. The van der Waals surface area contributed by atoms with Crippen molar-refractivity contribution in [2.45, 2.75) is 39.3 Å². The number of nitrogens with one attached hydrogen (secondary N) is 1. The fraction of sp³-hybridized carbons (Fsp3) is 0.462. The lowest BCUT2D eigenvalue weighted by Gasteiger charge is -2.17. The Hall–Kier alpha value is -2.29. The van der Waals surface area contributed by atoms with E-state index in [1.54, 1.807) is 5.51 Å². The van der Waals surface area contributed by atoms with E-state index in [1.807, 2.05) is 20.8 Å². The zero-order chi connectivity index (χ0) is 16.3. The first-order chi connectivity index (χ1) is 10.3. The summed E-state index contributed by atoms with van der Waals surface area (Å²) in [4.78, 5) is 27.6. The van der Waals surface area contributed by atoms with Crippen LogP contribution < -0.4 is 5.32 Å². The smallest absolute Gasteiger partial charge is 0.325 e. The number of aliphatic carboxylic acids is 1. The molecule has 0 spiro atoms. The van der Waals surface area contributed by atoms with Gasteiger partial charge >= 0.3 is 5.97 Å². The Kier molecular flexibility index (Phi) is 4.55. The van der Waals surface area contributed by atoms with Crippen molar-refractivity contribution in [2.24, 2.45) is 0 Å². The van der Waals surface area contributed by atoms with Gasteiger partial charge in [0.2, 0.25) is 0 Å². The second-order valence-corrected chi connectivity index (χ2v) is 6.62. The molecule has 8 nitrogen and oxygen atoms in total. The zero-order valence-corrected chi connectivity index (χ0v) is 13.3. The predicted octanol–water partition coefficient (Wildman–Crippen LogP) is 1.05. The lowest BCUT2D eigenvalue weighted by atomic mass is 9.91. The number of thiazole rings is 1. The van der Waals surface area contributed by atoms with E-state index in [0.717, 1.165) is 5.69 Å². The number of aromatic nitrogens is 4. The molecular formula is C13H17N5O3S. The quantitative estimate of drug-likeness (QED) is 0.851. The third kappa shape index (κ3) is 3.88. The fourth-order valence-corrected chi connectivity index (χ4v) is 2.74. The van der Waals surface area contributed by atoms with Crippen molar-refractivity contribution in [3.05, 3.63) is 28.0 Å². The van der Waals surface area contributed by atoms with Gasteiger partial charge in [-0.1, -0.05) is 26.0 Å². The first kappa shape index (κ1) is 16.1. The van der Waals surface area contributed by atoms with Crippen molar-refractivity contribution in [2.75, 3.05) is 0 Å². The van der Waals surface area contributed by atoms with Crippen LogP contribution in [0.25, 0.3) is 0 Å². The standard InChI is InChI=1S/C13H17N5O3S/c1-13(2,3)11-10(22-7-15-11)12(21)14-4-8-5-18(17-16-8)6-9(19)20/h5,7H,4,6H2,1-3H3,(H,14,21)(H,19,20). The lowest BCUT2D eigenvalue weighted by molar-refractivity contribution is -0.137. The van der Waals surface area contributed by atoms with Gasteiger partial charge in [0.1, 0.15) is 17.1 Å². The van der Waals surface area contributed by atoms with Crippen LogP contribution in [0.15, 0.2) is 11.7 Å². The van der Waals surface area contributed by atoms with Gasteiger partial charge in [-0.15, -0.1) is 16.4 Å². The van der Waals surface area contributed by atoms with Crippen LogP contribution in [-0.4, -0.2) is 37.0 Å². The van der Waals surface area contributed by atoms with E-state index >= 15 is 0 Å². The van der Waals surface area contributed by atoms with Gasteiger partial charge in [-0.3, -0.25) is 9.59 Å². The van der Waals surface area contributed by atoms with Gasteiger partial charge in [-0.05, 0) is 0 Å². The molecule has 0 aromatic carbocycles. The van der Waals surface area contributed by atoms with Crippen molar-refractivity contribution >= 4 is 23.2 Å². The van der Waals surface area contributed by atoms with Crippen LogP contribution in [0.1, 0.15) is 41.8 Å². The van der Waals surface area contributed by atoms with E-state index in [-0.39, 0.29) is 24.4 Å². The van der Waals surface area contributed by atoms with Crippen LogP contribution >= 0.6 is 11.3 Å². The van der Waals surface area contributed by atoms with E-state index in [0.29, 0.717) is 10.6 Å². The lowest BCUT2D eigenvalue weighted by Crippen LogP contribution is -2.26. The maximum Gasteiger partial charge on any atom is 0.325 e. The van der Waals surface area contributed by atoms with Gasteiger partial charge < -0.3 is 10.4 Å². The summed E-state index contributed by atoms with van der Waals surface area (Å²) in [5.74, 6) is -1.22. The molecule has 9 heteroatoms. The minimum absolute atomic E-state index is 0.180. The van der Waals surface area contributed by atoms with Gasteiger partial charge in [0.15, 0.2) is 0 Å². The Morgan fingerprint density at radius 2 is 2.14 bits per heavy atom. The summed E-state index contributed by atoms with van der Waals surface area (Å²) in [6.07, 6.45) is 1.49. The van der Waals surface area contributed by atoms with Gasteiger partial charge in [0, 0.05) is 5.41 Å². The van der Waals surface area contributed by atoms with E-state index in [9.17, 15) is 9.59 Å². The molecule has 0 unspecified atom stereocenters. The maximum absolute atomic E-state index is 12.2. The number of hydrogen-bond acceptors (Lipinski definition) is 6. The second kappa shape index (κ2) is 6.22. The molecule has 2 heterocycles.